The summed E-state index contributed by atoms with van der Waals surface area (Å²) in [5.74, 6) is -0.00199. The molecule has 1 fully saturated rings. The summed E-state index contributed by atoms with van der Waals surface area (Å²) in [6.45, 7) is 1.58. The van der Waals surface area contributed by atoms with Crippen molar-refractivity contribution >= 4 is 39.1 Å². The molecule has 0 spiro atoms. The van der Waals surface area contributed by atoms with Gasteiger partial charge >= 0.3 is 0 Å². The van der Waals surface area contributed by atoms with Crippen molar-refractivity contribution in [3.05, 3.63) is 28.2 Å². The Labute approximate surface area is 146 Å². The summed E-state index contributed by atoms with van der Waals surface area (Å²) in [4.78, 5) is 15.5. The molecule has 0 aromatic heterocycles. The van der Waals surface area contributed by atoms with Crippen LogP contribution in [0.5, 0.6) is 0 Å². The highest BCUT2D eigenvalue weighted by molar-refractivity contribution is 7.89. The van der Waals surface area contributed by atoms with Crippen LogP contribution in [0.25, 0.3) is 0 Å². The summed E-state index contributed by atoms with van der Waals surface area (Å²) in [7, 11) is -0.0213. The van der Waals surface area contributed by atoms with Gasteiger partial charge < -0.3 is 9.80 Å². The van der Waals surface area contributed by atoms with Crippen molar-refractivity contribution in [3.63, 3.8) is 0 Å². The number of rotatable bonds is 4. The van der Waals surface area contributed by atoms with Crippen molar-refractivity contribution in [2.24, 2.45) is 0 Å². The van der Waals surface area contributed by atoms with E-state index in [-0.39, 0.29) is 33.9 Å². The Morgan fingerprint density at radius 3 is 2.09 bits per heavy atom. The average molecular weight is 380 g/mol. The summed E-state index contributed by atoms with van der Waals surface area (Å²) in [6, 6.07) is 4.25. The minimum absolute atomic E-state index is 0.00199. The summed E-state index contributed by atoms with van der Waals surface area (Å²) in [5, 5.41) is 0.548. The van der Waals surface area contributed by atoms with E-state index in [1.54, 1.807) is 9.80 Å². The van der Waals surface area contributed by atoms with Crippen LogP contribution in [0.1, 0.15) is 0 Å². The molecule has 0 atom stereocenters. The van der Waals surface area contributed by atoms with Gasteiger partial charge in [-0.1, -0.05) is 23.2 Å². The predicted octanol–water partition coefficient (Wildman–Crippen LogP) is 1.39. The van der Waals surface area contributed by atoms with Crippen molar-refractivity contribution in [2.45, 2.75) is 4.90 Å². The minimum atomic E-state index is -3.66. The van der Waals surface area contributed by atoms with Gasteiger partial charge in [-0.15, -0.1) is 0 Å². The molecule has 1 aliphatic heterocycles. The molecule has 1 aromatic rings. The smallest absolute Gasteiger partial charge is 0.243 e. The maximum absolute atomic E-state index is 12.6. The topological polar surface area (TPSA) is 60.9 Å². The predicted molar refractivity (Wildman–Crippen MR) is 90.4 cm³/mol. The van der Waals surface area contributed by atoms with Gasteiger partial charge in [0.2, 0.25) is 15.9 Å². The molecule has 2 rings (SSSR count). The minimum Gasteiger partial charge on any atom is -0.339 e. The highest BCUT2D eigenvalue weighted by Gasteiger charge is 2.30. The standard InChI is InChI=1S/C14H19Cl2N3O3S/c1-17(2)10-14(20)18-3-5-19(6-4-18)23(21,22)13-8-11(15)7-12(16)9-13/h7-9H,3-6,10H2,1-2H3. The van der Waals surface area contributed by atoms with Gasteiger partial charge in [-0.2, -0.15) is 4.31 Å². The van der Waals surface area contributed by atoms with Crippen LogP contribution in [0.2, 0.25) is 10.0 Å². The van der Waals surface area contributed by atoms with E-state index in [1.165, 1.54) is 22.5 Å². The van der Waals surface area contributed by atoms with Crippen molar-refractivity contribution < 1.29 is 13.2 Å². The van der Waals surface area contributed by atoms with Gasteiger partial charge in [0.15, 0.2) is 0 Å². The average Bonchev–Trinajstić information content (AvgIpc) is 2.45. The van der Waals surface area contributed by atoms with Gasteiger partial charge in [0, 0.05) is 36.2 Å². The number of hydrogen-bond acceptors (Lipinski definition) is 4. The van der Waals surface area contributed by atoms with E-state index in [0.717, 1.165) is 0 Å². The maximum Gasteiger partial charge on any atom is 0.243 e. The molecule has 128 valence electrons. The third kappa shape index (κ3) is 4.58. The summed E-state index contributed by atoms with van der Waals surface area (Å²) in [5.41, 5.74) is 0. The first-order chi connectivity index (χ1) is 10.7. The van der Waals surface area contributed by atoms with Gasteiger partial charge in [-0.05, 0) is 32.3 Å². The van der Waals surface area contributed by atoms with E-state index < -0.39 is 10.0 Å². The summed E-state index contributed by atoms with van der Waals surface area (Å²) in [6.07, 6.45) is 0. The number of amides is 1. The van der Waals surface area contributed by atoms with E-state index in [4.69, 9.17) is 23.2 Å². The molecule has 1 saturated heterocycles. The van der Waals surface area contributed by atoms with Gasteiger partial charge in [0.1, 0.15) is 0 Å². The van der Waals surface area contributed by atoms with Crippen LogP contribution in [-0.2, 0) is 14.8 Å². The molecule has 0 aliphatic carbocycles. The Morgan fingerprint density at radius 1 is 1.09 bits per heavy atom. The first-order valence-corrected chi connectivity index (χ1v) is 9.28. The number of hydrogen-bond donors (Lipinski definition) is 0. The zero-order chi connectivity index (χ0) is 17.2. The fourth-order valence-corrected chi connectivity index (χ4v) is 4.52. The fraction of sp³-hybridized carbons (Fsp3) is 0.500. The molecule has 6 nitrogen and oxygen atoms in total. The molecule has 0 N–H and O–H groups in total. The molecule has 1 heterocycles. The zero-order valence-electron chi connectivity index (χ0n) is 13.0. The number of carbonyl (C=O) groups is 1. The molecule has 23 heavy (non-hydrogen) atoms. The summed E-state index contributed by atoms with van der Waals surface area (Å²) >= 11 is 11.8. The highest BCUT2D eigenvalue weighted by atomic mass is 35.5. The quantitative estimate of drug-likeness (QED) is 0.792. The third-order valence-corrected chi connectivity index (χ3v) is 5.83. The summed E-state index contributed by atoms with van der Waals surface area (Å²) < 4.78 is 26.6. The van der Waals surface area contributed by atoms with Gasteiger partial charge in [0.05, 0.1) is 11.4 Å². The number of likely N-dealkylation sites (N-methyl/N-ethyl adjacent to an activating group) is 1. The molecule has 0 saturated carbocycles. The fourth-order valence-electron chi connectivity index (χ4n) is 2.37. The van der Waals surface area contributed by atoms with E-state index in [9.17, 15) is 13.2 Å². The van der Waals surface area contributed by atoms with Crippen LogP contribution in [0.4, 0.5) is 0 Å². The molecule has 0 unspecified atom stereocenters. The molecular formula is C14H19Cl2N3O3S. The van der Waals surface area contributed by atoms with Crippen LogP contribution in [0.3, 0.4) is 0 Å². The molecule has 0 radical (unpaired) electrons. The monoisotopic (exact) mass is 379 g/mol. The van der Waals surface area contributed by atoms with Crippen molar-refractivity contribution in [2.75, 3.05) is 46.8 Å². The SMILES string of the molecule is CN(C)CC(=O)N1CCN(S(=O)(=O)c2cc(Cl)cc(Cl)c2)CC1. The van der Waals surface area contributed by atoms with Crippen LogP contribution < -0.4 is 0 Å². The lowest BCUT2D eigenvalue weighted by Gasteiger charge is -2.34. The number of piperazine rings is 1. The second kappa shape index (κ2) is 7.36. The molecule has 1 amide bonds. The third-order valence-electron chi connectivity index (χ3n) is 3.52. The zero-order valence-corrected chi connectivity index (χ0v) is 15.3. The second-order valence-electron chi connectivity index (χ2n) is 5.63. The van der Waals surface area contributed by atoms with Crippen LogP contribution >= 0.6 is 23.2 Å². The van der Waals surface area contributed by atoms with Crippen LogP contribution in [0, 0.1) is 0 Å². The van der Waals surface area contributed by atoms with E-state index in [0.29, 0.717) is 19.6 Å². The van der Waals surface area contributed by atoms with Crippen LogP contribution in [0.15, 0.2) is 23.1 Å². The number of carbonyl (C=O) groups excluding carboxylic acids is 1. The van der Waals surface area contributed by atoms with E-state index in [2.05, 4.69) is 0 Å². The highest BCUT2D eigenvalue weighted by Crippen LogP contribution is 2.25. The normalized spacial score (nSPS) is 16.8. The number of sulfonamides is 1. The van der Waals surface area contributed by atoms with Gasteiger partial charge in [0.25, 0.3) is 0 Å². The Kier molecular flexibility index (Phi) is 5.91. The van der Waals surface area contributed by atoms with Gasteiger partial charge in [-0.3, -0.25) is 4.79 Å². The molecule has 1 aliphatic rings. The van der Waals surface area contributed by atoms with Crippen LogP contribution in [-0.4, -0.2) is 75.2 Å². The Balaban J connectivity index is 2.08. The molecule has 1 aromatic carbocycles. The Morgan fingerprint density at radius 2 is 1.61 bits per heavy atom. The number of nitrogens with zero attached hydrogens (tertiary/aromatic N) is 3. The van der Waals surface area contributed by atoms with Gasteiger partial charge in [-0.25, -0.2) is 8.42 Å². The lowest BCUT2D eigenvalue weighted by Crippen LogP contribution is -2.52. The first kappa shape index (κ1) is 18.5. The van der Waals surface area contributed by atoms with E-state index >= 15 is 0 Å². The molecular weight excluding hydrogens is 361 g/mol. The van der Waals surface area contributed by atoms with Crippen molar-refractivity contribution in [1.29, 1.82) is 0 Å². The lowest BCUT2D eigenvalue weighted by atomic mass is 10.3. The largest absolute Gasteiger partial charge is 0.339 e. The number of halogens is 2. The Hall–Kier alpha value is -0.860. The molecule has 9 heteroatoms. The molecule has 0 bridgehead atoms. The second-order valence-corrected chi connectivity index (χ2v) is 8.44. The first-order valence-electron chi connectivity index (χ1n) is 7.09. The lowest BCUT2D eigenvalue weighted by molar-refractivity contribution is -0.133. The van der Waals surface area contributed by atoms with Crippen molar-refractivity contribution in [1.82, 2.24) is 14.1 Å². The number of benzene rings is 1. The maximum atomic E-state index is 12.6. The Bertz CT molecular complexity index is 666. The van der Waals surface area contributed by atoms with E-state index in [1.807, 2.05) is 14.1 Å². The van der Waals surface area contributed by atoms with Crippen molar-refractivity contribution in [3.8, 4) is 0 Å².